The second-order valence-corrected chi connectivity index (χ2v) is 4.90. The average molecular weight is 298 g/mol. The molecule has 0 bridgehead atoms. The molecule has 2 rings (SSSR count). The van der Waals surface area contributed by atoms with E-state index in [0.29, 0.717) is 11.3 Å². The molecule has 1 heterocycles. The molecule has 1 unspecified atom stereocenters. The second-order valence-electron chi connectivity index (χ2n) is 4.51. The zero-order valence-corrected chi connectivity index (χ0v) is 12.6. The quantitative estimate of drug-likeness (QED) is 0.636. The van der Waals surface area contributed by atoms with E-state index in [2.05, 4.69) is 11.1 Å². The first-order valence-corrected chi connectivity index (χ1v) is 6.96. The predicted molar refractivity (Wildman–Crippen MR) is 84.8 cm³/mol. The molecule has 1 atom stereocenters. The lowest BCUT2D eigenvalue weighted by Gasteiger charge is -2.24. The molecule has 0 saturated heterocycles. The van der Waals surface area contributed by atoms with Gasteiger partial charge >= 0.3 is 5.97 Å². The molecule has 0 aromatic heterocycles. The maximum Gasteiger partial charge on any atom is 0.319 e. The number of benzene rings is 1. The van der Waals surface area contributed by atoms with Crippen molar-refractivity contribution < 1.29 is 9.53 Å². The molecule has 0 saturated carbocycles. The third-order valence-corrected chi connectivity index (χ3v) is 3.48. The molecular weight excluding hydrogens is 284 g/mol. The first-order chi connectivity index (χ1) is 10.1. The highest BCUT2D eigenvalue weighted by Gasteiger charge is 2.35. The highest BCUT2D eigenvalue weighted by Crippen LogP contribution is 2.33. The van der Waals surface area contributed by atoms with Crippen molar-refractivity contribution in [3.05, 3.63) is 41.5 Å². The number of rotatable bonds is 3. The Labute approximate surface area is 128 Å². The van der Waals surface area contributed by atoms with Gasteiger partial charge in [-0.25, -0.2) is 4.99 Å². The number of thiocarbonyl (C=S) groups is 1. The largest absolute Gasteiger partial charge is 0.465 e. The SMILES string of the molecule is CCOC(=O)C1C(C)=NC(=S)C(C#N)=C1c1ccccc1. The molecule has 0 amide bonds. The zero-order valence-electron chi connectivity index (χ0n) is 11.8. The van der Waals surface area contributed by atoms with Crippen molar-refractivity contribution in [3.8, 4) is 6.07 Å². The standard InChI is InChI=1S/C16H14N2O2S/c1-3-20-16(19)13-10(2)18-15(21)12(9-17)14(13)11-7-5-4-6-8-11/h4-8,13H,3H2,1-2H3. The number of hydrogen-bond acceptors (Lipinski definition) is 4. The Morgan fingerprint density at radius 2 is 2.10 bits per heavy atom. The van der Waals surface area contributed by atoms with Gasteiger partial charge in [-0.2, -0.15) is 5.26 Å². The number of carbonyl (C=O) groups is 1. The molecule has 0 spiro atoms. The van der Waals surface area contributed by atoms with Crippen LogP contribution >= 0.6 is 12.2 Å². The molecule has 1 aromatic carbocycles. The molecule has 1 aliphatic heterocycles. The number of esters is 1. The summed E-state index contributed by atoms with van der Waals surface area (Å²) in [6.45, 7) is 3.75. The van der Waals surface area contributed by atoms with Gasteiger partial charge in [-0.3, -0.25) is 4.79 Å². The summed E-state index contributed by atoms with van der Waals surface area (Å²) < 4.78 is 5.12. The van der Waals surface area contributed by atoms with E-state index in [1.165, 1.54) is 0 Å². The summed E-state index contributed by atoms with van der Waals surface area (Å²) in [5.41, 5.74) is 2.17. The Bertz CT molecular complexity index is 684. The van der Waals surface area contributed by atoms with Gasteiger partial charge in [0, 0.05) is 11.3 Å². The minimum Gasteiger partial charge on any atom is -0.465 e. The lowest BCUT2D eigenvalue weighted by molar-refractivity contribution is -0.143. The Balaban J connectivity index is 2.63. The molecule has 4 nitrogen and oxygen atoms in total. The van der Waals surface area contributed by atoms with Gasteiger partial charge in [-0.1, -0.05) is 42.5 Å². The van der Waals surface area contributed by atoms with Crippen LogP contribution in [0.1, 0.15) is 19.4 Å². The van der Waals surface area contributed by atoms with E-state index in [9.17, 15) is 10.1 Å². The summed E-state index contributed by atoms with van der Waals surface area (Å²) in [5.74, 6) is -1.10. The van der Waals surface area contributed by atoms with E-state index in [0.717, 1.165) is 5.56 Å². The van der Waals surface area contributed by atoms with Crippen LogP contribution in [0.3, 0.4) is 0 Å². The van der Waals surface area contributed by atoms with Gasteiger partial charge in [-0.05, 0) is 19.4 Å². The predicted octanol–water partition coefficient (Wildman–Crippen LogP) is 2.94. The Morgan fingerprint density at radius 3 is 2.67 bits per heavy atom. The maximum atomic E-state index is 12.3. The van der Waals surface area contributed by atoms with Crippen LogP contribution in [0.4, 0.5) is 0 Å². The van der Waals surface area contributed by atoms with E-state index < -0.39 is 11.9 Å². The van der Waals surface area contributed by atoms with Crippen molar-refractivity contribution in [3.63, 3.8) is 0 Å². The average Bonchev–Trinajstić information content (AvgIpc) is 2.47. The maximum absolute atomic E-state index is 12.3. The van der Waals surface area contributed by atoms with Crippen LogP contribution in [0.5, 0.6) is 0 Å². The molecule has 21 heavy (non-hydrogen) atoms. The van der Waals surface area contributed by atoms with Crippen LogP contribution in [0.15, 0.2) is 40.9 Å². The van der Waals surface area contributed by atoms with E-state index in [-0.39, 0.29) is 17.2 Å². The molecule has 0 radical (unpaired) electrons. The van der Waals surface area contributed by atoms with Crippen molar-refractivity contribution in [2.45, 2.75) is 13.8 Å². The zero-order chi connectivity index (χ0) is 15.4. The van der Waals surface area contributed by atoms with Crippen molar-refractivity contribution >= 4 is 34.5 Å². The van der Waals surface area contributed by atoms with Gasteiger partial charge < -0.3 is 4.74 Å². The number of carbonyl (C=O) groups excluding carboxylic acids is 1. The van der Waals surface area contributed by atoms with Gasteiger partial charge in [0.25, 0.3) is 0 Å². The normalized spacial score (nSPS) is 18.0. The van der Waals surface area contributed by atoms with E-state index >= 15 is 0 Å². The minimum atomic E-state index is -0.686. The van der Waals surface area contributed by atoms with Crippen molar-refractivity contribution in [2.75, 3.05) is 6.61 Å². The number of nitrogens with zero attached hydrogens (tertiary/aromatic N) is 2. The summed E-state index contributed by atoms with van der Waals surface area (Å²) in [7, 11) is 0. The highest BCUT2D eigenvalue weighted by atomic mass is 32.1. The van der Waals surface area contributed by atoms with Crippen LogP contribution < -0.4 is 0 Å². The molecule has 106 valence electrons. The lowest BCUT2D eigenvalue weighted by Crippen LogP contribution is -2.30. The van der Waals surface area contributed by atoms with Crippen LogP contribution in [0.2, 0.25) is 0 Å². The first-order valence-electron chi connectivity index (χ1n) is 6.56. The van der Waals surface area contributed by atoms with Gasteiger partial charge in [0.1, 0.15) is 17.0 Å². The number of ether oxygens (including phenoxy) is 1. The lowest BCUT2D eigenvalue weighted by atomic mass is 9.83. The summed E-state index contributed by atoms with van der Waals surface area (Å²) in [5, 5.41) is 9.39. The second kappa shape index (κ2) is 6.42. The molecule has 1 aliphatic rings. The van der Waals surface area contributed by atoms with E-state index in [1.807, 2.05) is 30.3 Å². The van der Waals surface area contributed by atoms with Gasteiger partial charge in [0.05, 0.1) is 12.2 Å². The molecule has 0 fully saturated rings. The minimum absolute atomic E-state index is 0.217. The summed E-state index contributed by atoms with van der Waals surface area (Å²) in [6, 6.07) is 11.3. The molecular formula is C16H14N2O2S. The Hall–Kier alpha value is -2.32. The molecule has 0 N–H and O–H groups in total. The number of nitriles is 1. The van der Waals surface area contributed by atoms with Gasteiger partial charge in [0.2, 0.25) is 0 Å². The van der Waals surface area contributed by atoms with Crippen molar-refractivity contribution in [2.24, 2.45) is 10.9 Å². The molecule has 1 aromatic rings. The van der Waals surface area contributed by atoms with Crippen LogP contribution in [-0.2, 0) is 9.53 Å². The highest BCUT2D eigenvalue weighted by molar-refractivity contribution is 7.80. The smallest absolute Gasteiger partial charge is 0.319 e. The van der Waals surface area contributed by atoms with Crippen LogP contribution in [0.25, 0.3) is 5.57 Å². The van der Waals surface area contributed by atoms with E-state index in [4.69, 9.17) is 17.0 Å². The third kappa shape index (κ3) is 2.91. The fourth-order valence-electron chi connectivity index (χ4n) is 2.30. The molecule has 5 heteroatoms. The van der Waals surface area contributed by atoms with Gasteiger partial charge in [-0.15, -0.1) is 0 Å². The first kappa shape index (κ1) is 15.1. The summed E-state index contributed by atoms with van der Waals surface area (Å²) in [6.07, 6.45) is 0. The summed E-state index contributed by atoms with van der Waals surface area (Å²) >= 11 is 5.16. The monoisotopic (exact) mass is 298 g/mol. The number of aliphatic imine (C=N–C) groups is 1. The fourth-order valence-corrected chi connectivity index (χ4v) is 2.60. The summed E-state index contributed by atoms with van der Waals surface area (Å²) in [4.78, 5) is 16.6. The topological polar surface area (TPSA) is 62.4 Å². The fraction of sp³-hybridized carbons (Fsp3) is 0.250. The Kier molecular flexibility index (Phi) is 4.61. The third-order valence-electron chi connectivity index (χ3n) is 3.19. The number of dihydropyridines is 1. The van der Waals surface area contributed by atoms with Gasteiger partial charge in [0.15, 0.2) is 0 Å². The van der Waals surface area contributed by atoms with Crippen LogP contribution in [0, 0.1) is 17.2 Å². The van der Waals surface area contributed by atoms with Crippen LogP contribution in [-0.4, -0.2) is 23.3 Å². The molecule has 0 aliphatic carbocycles. The van der Waals surface area contributed by atoms with Crippen molar-refractivity contribution in [1.29, 1.82) is 5.26 Å². The number of hydrogen-bond donors (Lipinski definition) is 0. The van der Waals surface area contributed by atoms with E-state index in [1.54, 1.807) is 13.8 Å². The van der Waals surface area contributed by atoms with Crippen molar-refractivity contribution in [1.82, 2.24) is 0 Å². The Morgan fingerprint density at radius 1 is 1.43 bits per heavy atom.